The van der Waals surface area contributed by atoms with E-state index in [1.807, 2.05) is 24.3 Å². The van der Waals surface area contributed by atoms with Crippen LogP contribution in [0.2, 0.25) is 0 Å². The van der Waals surface area contributed by atoms with Crippen molar-refractivity contribution in [1.29, 1.82) is 0 Å². The second-order valence-corrected chi connectivity index (χ2v) is 6.01. The molecule has 2 N–H and O–H groups in total. The molecule has 0 amide bonds. The van der Waals surface area contributed by atoms with Gasteiger partial charge >= 0.3 is 0 Å². The smallest absolute Gasteiger partial charge is 0.264 e. The zero-order valence-electron chi connectivity index (χ0n) is 10.7. The van der Waals surface area contributed by atoms with Crippen molar-refractivity contribution < 1.29 is 9.26 Å². The Morgan fingerprint density at radius 1 is 1.30 bits per heavy atom. The van der Waals surface area contributed by atoms with E-state index in [0.29, 0.717) is 11.7 Å². The van der Waals surface area contributed by atoms with Crippen LogP contribution in [0.4, 0.5) is 0 Å². The number of aromatic nitrogens is 2. The van der Waals surface area contributed by atoms with E-state index in [1.165, 1.54) is 3.57 Å². The van der Waals surface area contributed by atoms with Gasteiger partial charge in [0.05, 0.1) is 5.54 Å². The van der Waals surface area contributed by atoms with Crippen molar-refractivity contribution in [2.45, 2.75) is 31.4 Å². The van der Waals surface area contributed by atoms with Gasteiger partial charge in [0, 0.05) is 3.57 Å². The van der Waals surface area contributed by atoms with E-state index in [9.17, 15) is 0 Å². The molecular formula is C13H15ClIN3O2. The summed E-state index contributed by atoms with van der Waals surface area (Å²) in [5.74, 6) is 1.84. The van der Waals surface area contributed by atoms with E-state index in [1.54, 1.807) is 0 Å². The van der Waals surface area contributed by atoms with Crippen molar-refractivity contribution in [3.63, 3.8) is 0 Å². The maximum atomic E-state index is 6.13. The highest BCUT2D eigenvalue weighted by Crippen LogP contribution is 2.36. The molecule has 2 aromatic rings. The summed E-state index contributed by atoms with van der Waals surface area (Å²) in [5.41, 5.74) is 5.75. The third-order valence-electron chi connectivity index (χ3n) is 3.34. The fourth-order valence-corrected chi connectivity index (χ4v) is 2.33. The fraction of sp³-hybridized carbons (Fsp3) is 0.385. The van der Waals surface area contributed by atoms with E-state index < -0.39 is 0 Å². The van der Waals surface area contributed by atoms with Gasteiger partial charge < -0.3 is 15.0 Å². The van der Waals surface area contributed by atoms with Crippen molar-refractivity contribution in [2.75, 3.05) is 0 Å². The predicted octanol–water partition coefficient (Wildman–Crippen LogP) is 3.01. The standard InChI is InChI=1S/C13H14IN3O2.ClH/c14-9-2-4-10(5-3-9)18-8-11-16-12(17-19-11)13(15)6-1-7-13;/h2-5H,1,6-8,15H2;1H. The van der Waals surface area contributed by atoms with E-state index in [2.05, 4.69) is 32.7 Å². The summed E-state index contributed by atoms with van der Waals surface area (Å²) in [4.78, 5) is 4.31. The first kappa shape index (κ1) is 15.5. The molecule has 1 heterocycles. The molecule has 0 bridgehead atoms. The van der Waals surface area contributed by atoms with Crippen LogP contribution in [-0.2, 0) is 12.1 Å². The first-order valence-corrected chi connectivity index (χ1v) is 7.24. The van der Waals surface area contributed by atoms with Crippen molar-refractivity contribution in [3.8, 4) is 5.75 Å². The van der Waals surface area contributed by atoms with Gasteiger partial charge in [0.15, 0.2) is 12.4 Å². The van der Waals surface area contributed by atoms with Crippen molar-refractivity contribution in [2.24, 2.45) is 5.73 Å². The van der Waals surface area contributed by atoms with Crippen LogP contribution >= 0.6 is 35.0 Å². The van der Waals surface area contributed by atoms with Crippen molar-refractivity contribution in [3.05, 3.63) is 39.6 Å². The third kappa shape index (κ3) is 3.24. The quantitative estimate of drug-likeness (QED) is 0.789. The largest absolute Gasteiger partial charge is 0.484 e. The Labute approximate surface area is 136 Å². The van der Waals surface area contributed by atoms with Crippen LogP contribution < -0.4 is 10.5 Å². The van der Waals surface area contributed by atoms with E-state index in [-0.39, 0.29) is 24.6 Å². The summed E-state index contributed by atoms with van der Waals surface area (Å²) < 4.78 is 11.9. The van der Waals surface area contributed by atoms with E-state index in [0.717, 1.165) is 25.0 Å². The van der Waals surface area contributed by atoms with Crippen LogP contribution in [0.5, 0.6) is 5.75 Å². The highest BCUT2D eigenvalue weighted by molar-refractivity contribution is 14.1. The summed E-state index contributed by atoms with van der Waals surface area (Å²) in [6.45, 7) is 0.268. The topological polar surface area (TPSA) is 74.2 Å². The SMILES string of the molecule is Cl.NC1(c2noc(COc3ccc(I)cc3)n2)CCC1. The van der Waals surface area contributed by atoms with Gasteiger partial charge in [0.25, 0.3) is 5.89 Å². The zero-order chi connectivity index (χ0) is 13.3. The first-order chi connectivity index (χ1) is 9.16. The monoisotopic (exact) mass is 407 g/mol. The number of benzene rings is 1. The Balaban J connectivity index is 0.00000147. The molecule has 1 aromatic heterocycles. The lowest BCUT2D eigenvalue weighted by atomic mass is 9.77. The molecule has 1 saturated carbocycles. The molecule has 108 valence electrons. The Morgan fingerprint density at radius 3 is 2.60 bits per heavy atom. The molecule has 7 heteroatoms. The molecule has 0 aliphatic heterocycles. The van der Waals surface area contributed by atoms with Gasteiger partial charge in [-0.05, 0) is 66.1 Å². The Hall–Kier alpha value is -0.860. The van der Waals surface area contributed by atoms with Crippen molar-refractivity contribution in [1.82, 2.24) is 10.1 Å². The van der Waals surface area contributed by atoms with Crippen LogP contribution in [0.25, 0.3) is 0 Å². The Bertz CT molecular complexity index is 569. The first-order valence-electron chi connectivity index (χ1n) is 6.16. The van der Waals surface area contributed by atoms with Gasteiger partial charge in [-0.15, -0.1) is 12.4 Å². The molecule has 1 aromatic carbocycles. The highest BCUT2D eigenvalue weighted by atomic mass is 127. The van der Waals surface area contributed by atoms with Crippen LogP contribution in [0.15, 0.2) is 28.8 Å². The highest BCUT2D eigenvalue weighted by Gasteiger charge is 2.38. The predicted molar refractivity (Wildman–Crippen MR) is 84.8 cm³/mol. The summed E-state index contributed by atoms with van der Waals surface area (Å²) in [5, 5.41) is 3.94. The van der Waals surface area contributed by atoms with Gasteiger partial charge in [-0.1, -0.05) is 5.16 Å². The molecule has 0 spiro atoms. The Morgan fingerprint density at radius 2 is 2.00 bits per heavy atom. The minimum atomic E-state index is -0.384. The molecule has 3 rings (SSSR count). The molecule has 0 atom stereocenters. The number of hydrogen-bond acceptors (Lipinski definition) is 5. The molecule has 1 aliphatic rings. The van der Waals surface area contributed by atoms with Crippen LogP contribution in [0.1, 0.15) is 31.0 Å². The number of ether oxygens (including phenoxy) is 1. The maximum absolute atomic E-state index is 6.13. The maximum Gasteiger partial charge on any atom is 0.264 e. The number of nitrogens with two attached hydrogens (primary N) is 1. The number of halogens is 2. The lowest BCUT2D eigenvalue weighted by molar-refractivity contribution is 0.223. The van der Waals surface area contributed by atoms with Crippen LogP contribution in [0.3, 0.4) is 0 Å². The zero-order valence-corrected chi connectivity index (χ0v) is 13.7. The summed E-state index contributed by atoms with van der Waals surface area (Å²) in [6.07, 6.45) is 2.97. The molecule has 1 aliphatic carbocycles. The van der Waals surface area contributed by atoms with Crippen molar-refractivity contribution >= 4 is 35.0 Å². The summed E-state index contributed by atoms with van der Waals surface area (Å²) in [7, 11) is 0. The summed E-state index contributed by atoms with van der Waals surface area (Å²) >= 11 is 2.25. The fourth-order valence-electron chi connectivity index (χ4n) is 1.97. The molecule has 5 nitrogen and oxygen atoms in total. The van der Waals surface area contributed by atoms with Crippen LogP contribution in [0, 0.1) is 3.57 Å². The van der Waals surface area contributed by atoms with Crippen LogP contribution in [-0.4, -0.2) is 10.1 Å². The summed E-state index contributed by atoms with van der Waals surface area (Å²) in [6, 6.07) is 7.79. The minimum absolute atomic E-state index is 0. The van der Waals surface area contributed by atoms with Gasteiger partial charge in [-0.3, -0.25) is 0 Å². The second-order valence-electron chi connectivity index (χ2n) is 4.76. The lowest BCUT2D eigenvalue weighted by Crippen LogP contribution is -2.44. The molecule has 0 saturated heterocycles. The number of hydrogen-bond donors (Lipinski definition) is 1. The molecule has 0 radical (unpaired) electrons. The molecule has 0 unspecified atom stereocenters. The lowest BCUT2D eigenvalue weighted by Gasteiger charge is -2.34. The molecule has 1 fully saturated rings. The average molecular weight is 408 g/mol. The molecule has 20 heavy (non-hydrogen) atoms. The average Bonchev–Trinajstić information content (AvgIpc) is 2.84. The van der Waals surface area contributed by atoms with E-state index >= 15 is 0 Å². The van der Waals surface area contributed by atoms with Gasteiger partial charge in [-0.25, -0.2) is 0 Å². The van der Waals surface area contributed by atoms with Gasteiger partial charge in [0.1, 0.15) is 5.75 Å². The minimum Gasteiger partial charge on any atom is -0.484 e. The Kier molecular flexibility index (Phi) is 4.87. The molecular weight excluding hydrogens is 393 g/mol. The number of nitrogens with zero attached hydrogens (tertiary/aromatic N) is 2. The third-order valence-corrected chi connectivity index (χ3v) is 4.05. The van der Waals surface area contributed by atoms with E-state index in [4.69, 9.17) is 15.0 Å². The van der Waals surface area contributed by atoms with Gasteiger partial charge in [0.2, 0.25) is 0 Å². The van der Waals surface area contributed by atoms with Gasteiger partial charge in [-0.2, -0.15) is 4.98 Å². The number of rotatable bonds is 4. The second kappa shape index (κ2) is 6.28. The normalized spacial score (nSPS) is 16.1.